The van der Waals surface area contributed by atoms with Gasteiger partial charge in [-0.3, -0.25) is 9.59 Å². The molecule has 0 spiro atoms. The third-order valence-corrected chi connectivity index (χ3v) is 2.36. The van der Waals surface area contributed by atoms with E-state index in [1.54, 1.807) is 6.08 Å². The maximum absolute atomic E-state index is 11.4. The Morgan fingerprint density at radius 3 is 2.13 bits per heavy atom. The normalized spacial score (nSPS) is 14.0. The highest BCUT2D eigenvalue weighted by atomic mass is 16.1. The highest BCUT2D eigenvalue weighted by Crippen LogP contribution is 2.23. The summed E-state index contributed by atoms with van der Waals surface area (Å²) in [5.74, 6) is -1.30. The van der Waals surface area contributed by atoms with Gasteiger partial charge in [-0.1, -0.05) is 11.6 Å². The van der Waals surface area contributed by atoms with Crippen molar-refractivity contribution < 1.29 is 9.59 Å². The SMILES string of the molecule is C=CC[C@H](C(N)=O)C(CC(=C)C)C(C)=O. The molecule has 1 unspecified atom stereocenters. The molecule has 0 aliphatic carbocycles. The van der Waals surface area contributed by atoms with E-state index in [4.69, 9.17) is 5.73 Å². The Balaban J connectivity index is 4.82. The minimum atomic E-state index is -0.461. The summed E-state index contributed by atoms with van der Waals surface area (Å²) >= 11 is 0. The summed E-state index contributed by atoms with van der Waals surface area (Å²) in [6.07, 6.45) is 2.56. The lowest BCUT2D eigenvalue weighted by atomic mass is 9.82. The van der Waals surface area contributed by atoms with Crippen LogP contribution in [0.1, 0.15) is 26.7 Å². The van der Waals surface area contributed by atoms with Crippen molar-refractivity contribution in [3.63, 3.8) is 0 Å². The molecule has 3 nitrogen and oxygen atoms in total. The van der Waals surface area contributed by atoms with Crippen molar-refractivity contribution in [1.82, 2.24) is 0 Å². The molecule has 15 heavy (non-hydrogen) atoms. The molecule has 2 N–H and O–H groups in total. The van der Waals surface area contributed by atoms with Gasteiger partial charge in [-0.2, -0.15) is 0 Å². The molecule has 0 bridgehead atoms. The van der Waals surface area contributed by atoms with Crippen LogP contribution in [0.3, 0.4) is 0 Å². The molecule has 0 aliphatic rings. The summed E-state index contributed by atoms with van der Waals surface area (Å²) in [6, 6.07) is 0. The highest BCUT2D eigenvalue weighted by molar-refractivity contribution is 5.87. The number of carbonyl (C=O) groups excluding carboxylic acids is 2. The summed E-state index contributed by atoms with van der Waals surface area (Å²) in [4.78, 5) is 22.6. The standard InChI is InChI=1S/C12H19NO2/c1-5-6-10(12(13)15)11(9(4)14)7-8(2)3/h5,10-11H,1-2,6-7H2,3-4H3,(H2,13,15)/t10-,11?/m0/s1. The van der Waals surface area contributed by atoms with E-state index in [1.165, 1.54) is 6.92 Å². The number of hydrogen-bond donors (Lipinski definition) is 1. The molecule has 0 saturated heterocycles. The van der Waals surface area contributed by atoms with E-state index in [0.717, 1.165) is 5.57 Å². The first-order valence-corrected chi connectivity index (χ1v) is 4.95. The Hall–Kier alpha value is -1.38. The van der Waals surface area contributed by atoms with Crippen molar-refractivity contribution in [2.24, 2.45) is 17.6 Å². The van der Waals surface area contributed by atoms with Crippen molar-refractivity contribution in [3.8, 4) is 0 Å². The zero-order chi connectivity index (χ0) is 12.0. The smallest absolute Gasteiger partial charge is 0.221 e. The van der Waals surface area contributed by atoms with Gasteiger partial charge in [-0.05, 0) is 26.7 Å². The van der Waals surface area contributed by atoms with E-state index >= 15 is 0 Å². The van der Waals surface area contributed by atoms with Gasteiger partial charge in [0, 0.05) is 5.92 Å². The van der Waals surface area contributed by atoms with E-state index in [9.17, 15) is 9.59 Å². The Labute approximate surface area is 91.0 Å². The number of primary amides is 1. The molecule has 84 valence electrons. The van der Waals surface area contributed by atoms with Crippen LogP contribution < -0.4 is 5.73 Å². The summed E-state index contributed by atoms with van der Waals surface area (Å²) in [7, 11) is 0. The van der Waals surface area contributed by atoms with E-state index in [2.05, 4.69) is 13.2 Å². The van der Waals surface area contributed by atoms with Crippen LogP contribution in [0.15, 0.2) is 24.8 Å². The number of rotatable bonds is 7. The quantitative estimate of drug-likeness (QED) is 0.650. The summed E-state index contributed by atoms with van der Waals surface area (Å²) in [5, 5.41) is 0. The van der Waals surface area contributed by atoms with Gasteiger partial charge in [0.15, 0.2) is 0 Å². The van der Waals surface area contributed by atoms with E-state index in [-0.39, 0.29) is 11.7 Å². The van der Waals surface area contributed by atoms with Crippen LogP contribution >= 0.6 is 0 Å². The molecule has 0 aromatic rings. The maximum Gasteiger partial charge on any atom is 0.221 e. The van der Waals surface area contributed by atoms with Gasteiger partial charge in [0.1, 0.15) is 5.78 Å². The second kappa shape index (κ2) is 6.17. The molecule has 0 saturated carbocycles. The van der Waals surface area contributed by atoms with E-state index in [0.29, 0.717) is 12.8 Å². The van der Waals surface area contributed by atoms with Gasteiger partial charge >= 0.3 is 0 Å². The zero-order valence-electron chi connectivity index (χ0n) is 9.45. The second-order valence-electron chi connectivity index (χ2n) is 3.91. The summed E-state index contributed by atoms with van der Waals surface area (Å²) in [6.45, 7) is 10.6. The van der Waals surface area contributed by atoms with Crippen molar-refractivity contribution in [2.45, 2.75) is 26.7 Å². The number of Topliss-reactive ketones (excluding diaryl/α,β-unsaturated/α-hetero) is 1. The Morgan fingerprint density at radius 2 is 1.87 bits per heavy atom. The van der Waals surface area contributed by atoms with Crippen LogP contribution in [0.5, 0.6) is 0 Å². The molecule has 0 fully saturated rings. The monoisotopic (exact) mass is 209 g/mol. The molecular formula is C12H19NO2. The largest absolute Gasteiger partial charge is 0.369 e. The summed E-state index contributed by atoms with van der Waals surface area (Å²) in [5.41, 5.74) is 6.15. The Morgan fingerprint density at radius 1 is 1.33 bits per heavy atom. The number of hydrogen-bond acceptors (Lipinski definition) is 2. The number of amides is 1. The first-order chi connectivity index (χ1) is 6.90. The number of ketones is 1. The molecule has 0 heterocycles. The first-order valence-electron chi connectivity index (χ1n) is 4.95. The Kier molecular flexibility index (Phi) is 5.60. The molecule has 0 radical (unpaired) electrons. The van der Waals surface area contributed by atoms with Gasteiger partial charge in [0.2, 0.25) is 5.91 Å². The van der Waals surface area contributed by atoms with Crippen LogP contribution in [0.25, 0.3) is 0 Å². The van der Waals surface area contributed by atoms with Crippen molar-refractivity contribution in [3.05, 3.63) is 24.8 Å². The number of carbonyl (C=O) groups is 2. The fourth-order valence-electron chi connectivity index (χ4n) is 1.60. The topological polar surface area (TPSA) is 60.2 Å². The zero-order valence-corrected chi connectivity index (χ0v) is 9.45. The molecule has 0 aromatic heterocycles. The highest BCUT2D eigenvalue weighted by Gasteiger charge is 2.28. The third-order valence-electron chi connectivity index (χ3n) is 2.36. The van der Waals surface area contributed by atoms with Gasteiger partial charge in [-0.25, -0.2) is 0 Å². The van der Waals surface area contributed by atoms with Crippen molar-refractivity contribution in [2.75, 3.05) is 0 Å². The lowest BCUT2D eigenvalue weighted by molar-refractivity contribution is -0.130. The summed E-state index contributed by atoms with van der Waals surface area (Å²) < 4.78 is 0. The molecule has 2 atom stereocenters. The lowest BCUT2D eigenvalue weighted by Crippen LogP contribution is -2.33. The second-order valence-corrected chi connectivity index (χ2v) is 3.91. The number of nitrogens with two attached hydrogens (primary N) is 1. The molecule has 1 amide bonds. The van der Waals surface area contributed by atoms with Crippen LogP contribution in [0.4, 0.5) is 0 Å². The molecule has 0 rings (SSSR count). The van der Waals surface area contributed by atoms with Crippen LogP contribution in [0.2, 0.25) is 0 Å². The lowest BCUT2D eigenvalue weighted by Gasteiger charge is -2.21. The van der Waals surface area contributed by atoms with Crippen LogP contribution in [0, 0.1) is 11.8 Å². The fraction of sp³-hybridized carbons (Fsp3) is 0.500. The van der Waals surface area contributed by atoms with Gasteiger partial charge in [0.25, 0.3) is 0 Å². The Bertz CT molecular complexity index is 281. The first kappa shape index (κ1) is 13.6. The molecule has 0 aliphatic heterocycles. The minimum Gasteiger partial charge on any atom is -0.369 e. The van der Waals surface area contributed by atoms with Crippen LogP contribution in [-0.2, 0) is 9.59 Å². The average molecular weight is 209 g/mol. The maximum atomic E-state index is 11.4. The minimum absolute atomic E-state index is 0.0244. The van der Waals surface area contributed by atoms with Gasteiger partial charge in [-0.15, -0.1) is 13.2 Å². The van der Waals surface area contributed by atoms with E-state index in [1.807, 2.05) is 6.92 Å². The van der Waals surface area contributed by atoms with Gasteiger partial charge < -0.3 is 5.73 Å². The molecule has 3 heteroatoms. The van der Waals surface area contributed by atoms with Gasteiger partial charge in [0.05, 0.1) is 5.92 Å². The molecular weight excluding hydrogens is 190 g/mol. The fourth-order valence-corrected chi connectivity index (χ4v) is 1.60. The van der Waals surface area contributed by atoms with Crippen molar-refractivity contribution >= 4 is 11.7 Å². The van der Waals surface area contributed by atoms with Crippen LogP contribution in [-0.4, -0.2) is 11.7 Å². The number of allylic oxidation sites excluding steroid dienone is 2. The van der Waals surface area contributed by atoms with Crippen molar-refractivity contribution in [1.29, 1.82) is 0 Å². The molecule has 0 aromatic carbocycles. The predicted octanol–water partition coefficient (Wildman–Crippen LogP) is 1.84. The predicted molar refractivity (Wildman–Crippen MR) is 61.1 cm³/mol. The van der Waals surface area contributed by atoms with E-state index < -0.39 is 11.8 Å². The third kappa shape index (κ3) is 4.58. The average Bonchev–Trinajstić information content (AvgIpc) is 2.09.